The van der Waals surface area contributed by atoms with Crippen LogP contribution in [-0.2, 0) is 14.8 Å². The highest BCUT2D eigenvalue weighted by Crippen LogP contribution is 2.20. The van der Waals surface area contributed by atoms with E-state index in [-0.39, 0.29) is 0 Å². The molecule has 0 saturated carbocycles. The number of methoxy groups -OCH3 is 1. The minimum atomic E-state index is -3.22. The molecule has 0 amide bonds. The van der Waals surface area contributed by atoms with Gasteiger partial charge in [-0.25, -0.2) is 8.42 Å². The van der Waals surface area contributed by atoms with E-state index in [4.69, 9.17) is 0 Å². The molecule has 0 radical (unpaired) electrons. The standard InChI is InChI=1S/C11H15NO2S.C2H6O.2C2H6/c1-10-4-6-11(7-5-10)15(13,14)12-8-2-3-9-12;1-3-2;2*1-2/h4-7H,2-3,8-9H2,1H3;1-2H3;2*1-2H3. The number of benzene rings is 1. The summed E-state index contributed by atoms with van der Waals surface area (Å²) < 4.78 is 30.0. The Bertz CT molecular complexity index is 449. The van der Waals surface area contributed by atoms with Crippen molar-refractivity contribution in [3.8, 4) is 0 Å². The van der Waals surface area contributed by atoms with Gasteiger partial charge in [-0.15, -0.1) is 0 Å². The molecule has 0 aromatic heterocycles. The van der Waals surface area contributed by atoms with Crippen molar-refractivity contribution in [3.63, 3.8) is 0 Å². The van der Waals surface area contributed by atoms with Crippen molar-refractivity contribution in [2.45, 2.75) is 52.4 Å². The van der Waals surface area contributed by atoms with Crippen LogP contribution < -0.4 is 0 Å². The van der Waals surface area contributed by atoms with Crippen LogP contribution in [0.3, 0.4) is 0 Å². The molecule has 0 unspecified atom stereocenters. The van der Waals surface area contributed by atoms with Gasteiger partial charge in [-0.3, -0.25) is 0 Å². The lowest BCUT2D eigenvalue weighted by Gasteiger charge is -2.15. The third-order valence-electron chi connectivity index (χ3n) is 2.72. The predicted molar refractivity (Wildman–Crippen MR) is 94.8 cm³/mol. The molecule has 1 fully saturated rings. The van der Waals surface area contributed by atoms with Gasteiger partial charge in [-0.1, -0.05) is 45.4 Å². The maximum atomic E-state index is 12.1. The molecular weight excluding hydrogens is 298 g/mol. The summed E-state index contributed by atoms with van der Waals surface area (Å²) in [5, 5.41) is 0. The normalized spacial score (nSPS) is 13.8. The van der Waals surface area contributed by atoms with Crippen molar-refractivity contribution in [1.82, 2.24) is 4.31 Å². The Morgan fingerprint density at radius 2 is 1.27 bits per heavy atom. The maximum absolute atomic E-state index is 12.1. The Labute approximate surface area is 137 Å². The largest absolute Gasteiger partial charge is 0.388 e. The molecule has 5 heteroatoms. The van der Waals surface area contributed by atoms with Gasteiger partial charge in [0.25, 0.3) is 0 Å². The van der Waals surface area contributed by atoms with Crippen LogP contribution >= 0.6 is 0 Å². The van der Waals surface area contributed by atoms with Crippen LogP contribution in [0.4, 0.5) is 0 Å². The molecule has 22 heavy (non-hydrogen) atoms. The molecule has 130 valence electrons. The van der Waals surface area contributed by atoms with Crippen molar-refractivity contribution in [1.29, 1.82) is 0 Å². The second kappa shape index (κ2) is 13.7. The van der Waals surface area contributed by atoms with E-state index < -0.39 is 10.0 Å². The van der Waals surface area contributed by atoms with E-state index in [1.165, 1.54) is 0 Å². The molecule has 1 aromatic carbocycles. The van der Waals surface area contributed by atoms with Crippen molar-refractivity contribution < 1.29 is 13.2 Å². The number of nitrogens with zero attached hydrogens (tertiary/aromatic N) is 1. The zero-order chi connectivity index (χ0) is 17.6. The summed E-state index contributed by atoms with van der Waals surface area (Å²) in [6.45, 7) is 11.3. The number of aryl methyl sites for hydroxylation is 1. The predicted octanol–water partition coefficient (Wildman–Crippen LogP) is 4.09. The van der Waals surface area contributed by atoms with Gasteiger partial charge in [-0.05, 0) is 31.9 Å². The zero-order valence-corrected chi connectivity index (χ0v) is 16.0. The molecule has 0 aliphatic carbocycles. The number of ether oxygens (including phenoxy) is 1. The smallest absolute Gasteiger partial charge is 0.243 e. The zero-order valence-electron chi connectivity index (χ0n) is 15.2. The first-order valence-electron chi connectivity index (χ1n) is 7.99. The Morgan fingerprint density at radius 3 is 1.64 bits per heavy atom. The second-order valence-electron chi connectivity index (χ2n) is 4.33. The maximum Gasteiger partial charge on any atom is 0.243 e. The Balaban J connectivity index is 0. The number of sulfonamides is 1. The van der Waals surface area contributed by atoms with Crippen LogP contribution in [0.5, 0.6) is 0 Å². The lowest BCUT2D eigenvalue weighted by Crippen LogP contribution is -2.27. The van der Waals surface area contributed by atoms with Crippen LogP contribution in [0, 0.1) is 6.92 Å². The summed E-state index contributed by atoms with van der Waals surface area (Å²) in [5.41, 5.74) is 1.08. The highest BCUT2D eigenvalue weighted by atomic mass is 32.2. The van der Waals surface area contributed by atoms with Crippen molar-refractivity contribution in [2.24, 2.45) is 0 Å². The third kappa shape index (κ3) is 7.92. The molecule has 1 aliphatic rings. The van der Waals surface area contributed by atoms with Crippen LogP contribution in [0.2, 0.25) is 0 Å². The monoisotopic (exact) mass is 331 g/mol. The molecule has 1 aliphatic heterocycles. The first-order chi connectivity index (χ1) is 10.5. The van der Waals surface area contributed by atoms with E-state index in [2.05, 4.69) is 4.74 Å². The first-order valence-corrected chi connectivity index (χ1v) is 9.43. The van der Waals surface area contributed by atoms with Crippen LogP contribution in [0.25, 0.3) is 0 Å². The molecule has 0 N–H and O–H groups in total. The molecular formula is C17H33NO3S. The highest BCUT2D eigenvalue weighted by Gasteiger charge is 2.26. The van der Waals surface area contributed by atoms with E-state index in [1.54, 1.807) is 30.7 Å². The number of hydrogen-bond donors (Lipinski definition) is 0. The van der Waals surface area contributed by atoms with E-state index in [0.29, 0.717) is 18.0 Å². The van der Waals surface area contributed by atoms with Crippen molar-refractivity contribution in [2.75, 3.05) is 27.3 Å². The Morgan fingerprint density at radius 1 is 0.909 bits per heavy atom. The highest BCUT2D eigenvalue weighted by molar-refractivity contribution is 7.89. The minimum Gasteiger partial charge on any atom is -0.388 e. The molecule has 0 atom stereocenters. The third-order valence-corrected chi connectivity index (χ3v) is 4.64. The second-order valence-corrected chi connectivity index (χ2v) is 6.27. The van der Waals surface area contributed by atoms with Gasteiger partial charge < -0.3 is 4.74 Å². The molecule has 0 spiro atoms. The number of hydrogen-bond acceptors (Lipinski definition) is 3. The van der Waals surface area contributed by atoms with E-state index >= 15 is 0 Å². The molecule has 0 bridgehead atoms. The SMILES string of the molecule is CC.CC.COC.Cc1ccc(S(=O)(=O)N2CCCC2)cc1. The van der Waals surface area contributed by atoms with Gasteiger partial charge in [0, 0.05) is 27.3 Å². The Hall–Kier alpha value is -0.910. The van der Waals surface area contributed by atoms with Crippen LogP contribution in [-0.4, -0.2) is 40.0 Å². The summed E-state index contributed by atoms with van der Waals surface area (Å²) >= 11 is 0. The molecule has 2 rings (SSSR count). The summed E-state index contributed by atoms with van der Waals surface area (Å²) in [7, 11) is 0.0279. The van der Waals surface area contributed by atoms with Crippen molar-refractivity contribution in [3.05, 3.63) is 29.8 Å². The minimum absolute atomic E-state index is 0.412. The van der Waals surface area contributed by atoms with E-state index in [1.807, 2.05) is 46.8 Å². The number of rotatable bonds is 2. The molecule has 1 saturated heterocycles. The van der Waals surface area contributed by atoms with Gasteiger partial charge in [0.2, 0.25) is 10.0 Å². The van der Waals surface area contributed by atoms with Gasteiger partial charge in [0.15, 0.2) is 0 Å². The van der Waals surface area contributed by atoms with Crippen LogP contribution in [0.1, 0.15) is 46.1 Å². The molecule has 1 aromatic rings. The van der Waals surface area contributed by atoms with E-state index in [0.717, 1.165) is 18.4 Å². The summed E-state index contributed by atoms with van der Waals surface area (Å²) in [5.74, 6) is 0. The fourth-order valence-corrected chi connectivity index (χ4v) is 3.30. The molecule has 1 heterocycles. The van der Waals surface area contributed by atoms with Gasteiger partial charge in [0.05, 0.1) is 4.90 Å². The van der Waals surface area contributed by atoms with Crippen molar-refractivity contribution >= 4 is 10.0 Å². The lowest BCUT2D eigenvalue weighted by atomic mass is 10.2. The fraction of sp³-hybridized carbons (Fsp3) is 0.647. The summed E-state index contributed by atoms with van der Waals surface area (Å²) in [6.07, 6.45) is 1.95. The van der Waals surface area contributed by atoms with Gasteiger partial charge in [0.1, 0.15) is 0 Å². The summed E-state index contributed by atoms with van der Waals surface area (Å²) in [4.78, 5) is 0.412. The first kappa shape index (κ1) is 23.4. The van der Waals surface area contributed by atoms with E-state index in [9.17, 15) is 8.42 Å². The quantitative estimate of drug-likeness (QED) is 0.820. The van der Waals surface area contributed by atoms with Gasteiger partial charge in [-0.2, -0.15) is 4.31 Å². The van der Waals surface area contributed by atoms with Gasteiger partial charge >= 0.3 is 0 Å². The van der Waals surface area contributed by atoms with Crippen LogP contribution in [0.15, 0.2) is 29.2 Å². The average molecular weight is 332 g/mol. The lowest BCUT2D eigenvalue weighted by molar-refractivity contribution is 0.277. The average Bonchev–Trinajstić information content (AvgIpc) is 3.08. The fourth-order valence-electron chi connectivity index (χ4n) is 1.79. The molecule has 4 nitrogen and oxygen atoms in total. The summed E-state index contributed by atoms with van der Waals surface area (Å²) in [6, 6.07) is 7.04. The topological polar surface area (TPSA) is 46.6 Å². The Kier molecular flexibility index (Phi) is 14.6.